The maximum absolute atomic E-state index is 11.2. The van der Waals surface area contributed by atoms with Crippen LogP contribution in [0, 0.1) is 0 Å². The first kappa shape index (κ1) is 13.9. The average molecular weight is 216 g/mol. The number of hydrogen-bond acceptors (Lipinski definition) is 3. The first-order valence-corrected chi connectivity index (χ1v) is 5.33. The van der Waals surface area contributed by atoms with Crippen molar-refractivity contribution in [3.05, 3.63) is 0 Å². The van der Waals surface area contributed by atoms with E-state index in [4.69, 9.17) is 10.8 Å². The molecule has 88 valence electrons. The van der Waals surface area contributed by atoms with Crippen LogP contribution in [0.2, 0.25) is 0 Å². The van der Waals surface area contributed by atoms with E-state index in [0.717, 1.165) is 12.8 Å². The number of carbonyl (C=O) groups excluding carboxylic acids is 1. The molecule has 0 aromatic carbocycles. The molecule has 0 unspecified atom stereocenters. The predicted molar refractivity (Wildman–Crippen MR) is 57.4 cm³/mol. The van der Waals surface area contributed by atoms with Gasteiger partial charge in [-0.3, -0.25) is 9.59 Å². The quantitative estimate of drug-likeness (QED) is 0.515. The summed E-state index contributed by atoms with van der Waals surface area (Å²) in [5, 5.41) is 11.1. The van der Waals surface area contributed by atoms with Crippen LogP contribution in [0.5, 0.6) is 0 Å². The topological polar surface area (TPSA) is 92.4 Å². The van der Waals surface area contributed by atoms with E-state index in [2.05, 4.69) is 5.32 Å². The van der Waals surface area contributed by atoms with Crippen LogP contribution >= 0.6 is 0 Å². The van der Waals surface area contributed by atoms with Gasteiger partial charge in [0.1, 0.15) is 0 Å². The molecule has 0 saturated heterocycles. The van der Waals surface area contributed by atoms with Crippen molar-refractivity contribution in [2.75, 3.05) is 6.54 Å². The molecule has 0 saturated carbocycles. The molecule has 15 heavy (non-hydrogen) atoms. The molecule has 0 aliphatic carbocycles. The fourth-order valence-electron chi connectivity index (χ4n) is 1.11. The smallest absolute Gasteiger partial charge is 0.303 e. The molecule has 0 aromatic rings. The normalized spacial score (nSPS) is 12.1. The Labute approximate surface area is 90.0 Å². The second-order valence-corrected chi connectivity index (χ2v) is 3.51. The molecular weight excluding hydrogens is 196 g/mol. The Morgan fingerprint density at radius 1 is 1.33 bits per heavy atom. The molecule has 0 aromatic heterocycles. The van der Waals surface area contributed by atoms with Crippen LogP contribution in [0.1, 0.15) is 39.0 Å². The average Bonchev–Trinajstić information content (AvgIpc) is 2.21. The number of carboxylic acid groups (broad SMARTS) is 1. The van der Waals surface area contributed by atoms with Gasteiger partial charge >= 0.3 is 5.97 Å². The SMILES string of the molecule is CC[C@@H](N)C(=O)NCCCCCC(=O)O. The molecule has 1 atom stereocenters. The molecule has 1 amide bonds. The van der Waals surface area contributed by atoms with Crippen molar-refractivity contribution in [3.8, 4) is 0 Å². The highest BCUT2D eigenvalue weighted by Gasteiger charge is 2.08. The van der Waals surface area contributed by atoms with E-state index in [1.165, 1.54) is 0 Å². The molecule has 0 rings (SSSR count). The van der Waals surface area contributed by atoms with E-state index in [0.29, 0.717) is 19.4 Å². The van der Waals surface area contributed by atoms with Crippen LogP contribution in [0.25, 0.3) is 0 Å². The summed E-state index contributed by atoms with van der Waals surface area (Å²) in [5.74, 6) is -0.900. The minimum Gasteiger partial charge on any atom is -0.481 e. The van der Waals surface area contributed by atoms with Gasteiger partial charge in [-0.05, 0) is 19.3 Å². The molecular formula is C10H20N2O3. The van der Waals surface area contributed by atoms with Crippen molar-refractivity contribution in [2.45, 2.75) is 45.1 Å². The summed E-state index contributed by atoms with van der Waals surface area (Å²) < 4.78 is 0. The molecule has 5 nitrogen and oxygen atoms in total. The first-order valence-electron chi connectivity index (χ1n) is 5.33. The highest BCUT2D eigenvalue weighted by atomic mass is 16.4. The maximum atomic E-state index is 11.2. The third-order valence-electron chi connectivity index (χ3n) is 2.14. The molecule has 0 heterocycles. The number of rotatable bonds is 8. The van der Waals surface area contributed by atoms with Crippen LogP contribution in [0.4, 0.5) is 0 Å². The Hall–Kier alpha value is -1.10. The van der Waals surface area contributed by atoms with E-state index in [1.807, 2.05) is 6.92 Å². The largest absolute Gasteiger partial charge is 0.481 e. The Kier molecular flexibility index (Phi) is 7.62. The van der Waals surface area contributed by atoms with Crippen LogP contribution in [0.3, 0.4) is 0 Å². The minimum atomic E-state index is -0.771. The number of carboxylic acids is 1. The number of aliphatic carboxylic acids is 1. The van der Waals surface area contributed by atoms with Gasteiger partial charge in [-0.2, -0.15) is 0 Å². The number of nitrogens with one attached hydrogen (secondary N) is 1. The molecule has 0 fully saturated rings. The van der Waals surface area contributed by atoms with Gasteiger partial charge < -0.3 is 16.2 Å². The predicted octanol–water partition coefficient (Wildman–Crippen LogP) is 0.485. The summed E-state index contributed by atoms with van der Waals surface area (Å²) >= 11 is 0. The summed E-state index contributed by atoms with van der Waals surface area (Å²) in [6, 6.07) is -0.427. The van der Waals surface area contributed by atoms with Crippen molar-refractivity contribution in [3.63, 3.8) is 0 Å². The second-order valence-electron chi connectivity index (χ2n) is 3.51. The van der Waals surface area contributed by atoms with E-state index >= 15 is 0 Å². The lowest BCUT2D eigenvalue weighted by Gasteiger charge is -2.09. The lowest BCUT2D eigenvalue weighted by Crippen LogP contribution is -2.40. The zero-order valence-corrected chi connectivity index (χ0v) is 9.16. The number of amides is 1. The van der Waals surface area contributed by atoms with Crippen LogP contribution in [0.15, 0.2) is 0 Å². The highest BCUT2D eigenvalue weighted by molar-refractivity contribution is 5.81. The fourth-order valence-corrected chi connectivity index (χ4v) is 1.11. The van der Waals surface area contributed by atoms with Crippen molar-refractivity contribution < 1.29 is 14.7 Å². The van der Waals surface area contributed by atoms with Crippen LogP contribution < -0.4 is 11.1 Å². The maximum Gasteiger partial charge on any atom is 0.303 e. The zero-order chi connectivity index (χ0) is 11.7. The van der Waals surface area contributed by atoms with Gasteiger partial charge in [0.15, 0.2) is 0 Å². The van der Waals surface area contributed by atoms with Crippen molar-refractivity contribution in [1.82, 2.24) is 5.32 Å². The van der Waals surface area contributed by atoms with Gasteiger partial charge in [-0.15, -0.1) is 0 Å². The molecule has 0 bridgehead atoms. The lowest BCUT2D eigenvalue weighted by atomic mass is 10.2. The standard InChI is InChI=1S/C10H20N2O3/c1-2-8(11)10(15)12-7-5-3-4-6-9(13)14/h8H,2-7,11H2,1H3,(H,12,15)(H,13,14)/t8-/m1/s1. The summed E-state index contributed by atoms with van der Waals surface area (Å²) in [7, 11) is 0. The molecule has 0 aliphatic heterocycles. The number of hydrogen-bond donors (Lipinski definition) is 3. The van der Waals surface area contributed by atoms with Crippen molar-refractivity contribution >= 4 is 11.9 Å². The Morgan fingerprint density at radius 2 is 2.00 bits per heavy atom. The Bertz CT molecular complexity index is 207. The number of carbonyl (C=O) groups is 2. The van der Waals surface area contributed by atoms with E-state index in [1.54, 1.807) is 0 Å². The van der Waals surface area contributed by atoms with Gasteiger partial charge in [0.2, 0.25) is 5.91 Å². The van der Waals surface area contributed by atoms with Gasteiger partial charge in [0.05, 0.1) is 6.04 Å². The van der Waals surface area contributed by atoms with Crippen LogP contribution in [-0.4, -0.2) is 29.6 Å². The first-order chi connectivity index (χ1) is 7.07. The number of nitrogens with two attached hydrogens (primary N) is 1. The van der Waals surface area contributed by atoms with Crippen molar-refractivity contribution in [2.24, 2.45) is 5.73 Å². The third kappa shape index (κ3) is 7.93. The molecule has 0 radical (unpaired) electrons. The van der Waals surface area contributed by atoms with Gasteiger partial charge in [-0.25, -0.2) is 0 Å². The molecule has 0 spiro atoms. The fraction of sp³-hybridized carbons (Fsp3) is 0.800. The van der Waals surface area contributed by atoms with E-state index < -0.39 is 12.0 Å². The Balaban J connectivity index is 3.31. The number of unbranched alkanes of at least 4 members (excludes halogenated alkanes) is 2. The lowest BCUT2D eigenvalue weighted by molar-refractivity contribution is -0.137. The van der Waals surface area contributed by atoms with Crippen molar-refractivity contribution in [1.29, 1.82) is 0 Å². The molecule has 4 N–H and O–H groups in total. The van der Waals surface area contributed by atoms with Gasteiger partial charge in [0.25, 0.3) is 0 Å². The Morgan fingerprint density at radius 3 is 2.53 bits per heavy atom. The monoisotopic (exact) mass is 216 g/mol. The minimum absolute atomic E-state index is 0.129. The third-order valence-corrected chi connectivity index (χ3v) is 2.14. The second kappa shape index (κ2) is 8.23. The van der Waals surface area contributed by atoms with Gasteiger partial charge in [-0.1, -0.05) is 13.3 Å². The van der Waals surface area contributed by atoms with Crippen LogP contribution in [-0.2, 0) is 9.59 Å². The highest BCUT2D eigenvalue weighted by Crippen LogP contribution is 1.98. The summed E-state index contributed by atoms with van der Waals surface area (Å²) in [5.41, 5.74) is 5.51. The molecule has 0 aliphatic rings. The van der Waals surface area contributed by atoms with E-state index in [-0.39, 0.29) is 12.3 Å². The zero-order valence-electron chi connectivity index (χ0n) is 9.16. The van der Waals surface area contributed by atoms with E-state index in [9.17, 15) is 9.59 Å². The summed E-state index contributed by atoms with van der Waals surface area (Å²) in [4.78, 5) is 21.4. The molecule has 5 heteroatoms. The van der Waals surface area contributed by atoms with Gasteiger partial charge in [0, 0.05) is 13.0 Å². The summed E-state index contributed by atoms with van der Waals surface area (Å²) in [6.07, 6.45) is 3.10. The summed E-state index contributed by atoms with van der Waals surface area (Å²) in [6.45, 7) is 2.43.